The zero-order chi connectivity index (χ0) is 23.6. The SMILES string of the molecule is Cc1ccc(S(=O)(=O)Nc2ccc(S(=O)(=O)c3ccc(C)cc3)cc2-c2ccccn2)cc1. The van der Waals surface area contributed by atoms with Crippen molar-refractivity contribution in [3.63, 3.8) is 0 Å². The molecule has 33 heavy (non-hydrogen) atoms. The fourth-order valence-electron chi connectivity index (χ4n) is 3.29. The molecule has 168 valence electrons. The van der Waals surface area contributed by atoms with Gasteiger partial charge in [-0.1, -0.05) is 41.5 Å². The lowest BCUT2D eigenvalue weighted by molar-refractivity contribution is 0.596. The van der Waals surface area contributed by atoms with Crippen molar-refractivity contribution in [3.05, 3.63) is 102 Å². The number of hydrogen-bond acceptors (Lipinski definition) is 5. The zero-order valence-electron chi connectivity index (χ0n) is 18.1. The summed E-state index contributed by atoms with van der Waals surface area (Å²) in [7, 11) is -7.70. The number of hydrogen-bond donors (Lipinski definition) is 1. The number of aryl methyl sites for hydroxylation is 2. The van der Waals surface area contributed by atoms with E-state index in [9.17, 15) is 16.8 Å². The van der Waals surface area contributed by atoms with E-state index >= 15 is 0 Å². The molecule has 0 radical (unpaired) electrons. The van der Waals surface area contributed by atoms with Gasteiger partial charge < -0.3 is 0 Å². The van der Waals surface area contributed by atoms with Gasteiger partial charge in [0.1, 0.15) is 0 Å². The Bertz CT molecular complexity index is 1500. The summed E-state index contributed by atoms with van der Waals surface area (Å²) in [6, 6.07) is 22.5. The van der Waals surface area contributed by atoms with E-state index in [-0.39, 0.29) is 20.4 Å². The van der Waals surface area contributed by atoms with Crippen LogP contribution in [0.4, 0.5) is 5.69 Å². The Labute approximate surface area is 193 Å². The molecule has 1 heterocycles. The topological polar surface area (TPSA) is 93.2 Å². The number of aromatic nitrogens is 1. The summed E-state index contributed by atoms with van der Waals surface area (Å²) < 4.78 is 55.0. The van der Waals surface area contributed by atoms with Gasteiger partial charge in [-0.15, -0.1) is 0 Å². The van der Waals surface area contributed by atoms with Crippen molar-refractivity contribution in [2.45, 2.75) is 28.5 Å². The number of anilines is 1. The summed E-state index contributed by atoms with van der Waals surface area (Å²) in [6.45, 7) is 3.75. The maximum absolute atomic E-state index is 13.2. The first-order chi connectivity index (χ1) is 15.7. The fraction of sp³-hybridized carbons (Fsp3) is 0.0800. The third kappa shape index (κ3) is 4.81. The molecule has 4 aromatic rings. The van der Waals surface area contributed by atoms with Gasteiger partial charge >= 0.3 is 0 Å². The summed E-state index contributed by atoms with van der Waals surface area (Å²) in [5, 5.41) is 0. The lowest BCUT2D eigenvalue weighted by atomic mass is 10.1. The van der Waals surface area contributed by atoms with Crippen molar-refractivity contribution in [1.29, 1.82) is 0 Å². The van der Waals surface area contributed by atoms with Crippen LogP contribution < -0.4 is 4.72 Å². The second-order valence-corrected chi connectivity index (χ2v) is 11.3. The maximum Gasteiger partial charge on any atom is 0.261 e. The average molecular weight is 479 g/mol. The van der Waals surface area contributed by atoms with Crippen LogP contribution in [-0.4, -0.2) is 21.8 Å². The molecule has 0 saturated carbocycles. The molecule has 0 aliphatic carbocycles. The quantitative estimate of drug-likeness (QED) is 0.421. The number of nitrogens with zero attached hydrogens (tertiary/aromatic N) is 1. The first-order valence-corrected chi connectivity index (χ1v) is 13.1. The fourth-order valence-corrected chi connectivity index (χ4v) is 5.65. The van der Waals surface area contributed by atoms with Gasteiger partial charge in [0.2, 0.25) is 9.84 Å². The number of sulfone groups is 1. The van der Waals surface area contributed by atoms with Crippen molar-refractivity contribution in [1.82, 2.24) is 4.98 Å². The van der Waals surface area contributed by atoms with Gasteiger partial charge in [0, 0.05) is 11.8 Å². The lowest BCUT2D eigenvalue weighted by Gasteiger charge is -2.15. The van der Waals surface area contributed by atoms with E-state index < -0.39 is 19.9 Å². The normalized spacial score (nSPS) is 11.8. The first kappa shape index (κ1) is 22.7. The summed E-state index contributed by atoms with van der Waals surface area (Å²) in [4.78, 5) is 4.62. The van der Waals surface area contributed by atoms with E-state index in [2.05, 4.69) is 9.71 Å². The predicted octanol–water partition coefficient (Wildman–Crippen LogP) is 5.00. The van der Waals surface area contributed by atoms with E-state index in [1.54, 1.807) is 60.8 Å². The molecule has 4 rings (SSSR count). The van der Waals surface area contributed by atoms with Crippen LogP contribution >= 0.6 is 0 Å². The van der Waals surface area contributed by atoms with Crippen LogP contribution in [0.25, 0.3) is 11.3 Å². The highest BCUT2D eigenvalue weighted by atomic mass is 32.2. The molecule has 8 heteroatoms. The molecule has 1 N–H and O–H groups in total. The van der Waals surface area contributed by atoms with Gasteiger partial charge in [0.25, 0.3) is 10.0 Å². The van der Waals surface area contributed by atoms with Crippen molar-refractivity contribution >= 4 is 25.5 Å². The third-order valence-corrected chi connectivity index (χ3v) is 8.30. The molecule has 0 unspecified atom stereocenters. The molecule has 0 atom stereocenters. The van der Waals surface area contributed by atoms with Crippen LogP contribution in [0, 0.1) is 13.8 Å². The van der Waals surface area contributed by atoms with Gasteiger partial charge in [0.05, 0.1) is 26.1 Å². The standard InChI is InChI=1S/C25H22N2O4S2/c1-18-6-10-20(11-7-18)32(28,29)22-14-15-25(23(17-22)24-5-3-4-16-26-24)27-33(30,31)21-12-8-19(2)9-13-21/h3-17,27H,1-2H3. The molecule has 1 aromatic heterocycles. The van der Waals surface area contributed by atoms with Gasteiger partial charge in [-0.3, -0.25) is 9.71 Å². The van der Waals surface area contributed by atoms with Crippen LogP contribution in [0.1, 0.15) is 11.1 Å². The monoisotopic (exact) mass is 478 g/mol. The third-order valence-electron chi connectivity index (χ3n) is 5.15. The Morgan fingerprint density at radius 3 is 1.82 bits per heavy atom. The molecular formula is C25H22N2O4S2. The molecule has 0 amide bonds. The Hall–Kier alpha value is -3.49. The molecular weight excluding hydrogens is 456 g/mol. The number of rotatable bonds is 6. The molecule has 0 spiro atoms. The summed E-state index contributed by atoms with van der Waals surface area (Å²) in [5.74, 6) is 0. The molecule has 3 aromatic carbocycles. The number of pyridine rings is 1. The molecule has 0 bridgehead atoms. The second kappa shape index (κ2) is 8.80. The van der Waals surface area contributed by atoms with E-state index in [0.717, 1.165) is 11.1 Å². The van der Waals surface area contributed by atoms with Gasteiger partial charge in [0.15, 0.2) is 0 Å². The second-order valence-electron chi connectivity index (χ2n) is 7.66. The highest BCUT2D eigenvalue weighted by molar-refractivity contribution is 7.92. The van der Waals surface area contributed by atoms with E-state index in [0.29, 0.717) is 11.3 Å². The highest BCUT2D eigenvalue weighted by Crippen LogP contribution is 2.33. The Balaban J connectivity index is 1.82. The number of sulfonamides is 1. The Kier molecular flexibility index (Phi) is 6.05. The van der Waals surface area contributed by atoms with Gasteiger partial charge in [-0.25, -0.2) is 16.8 Å². The van der Waals surface area contributed by atoms with E-state index in [4.69, 9.17) is 0 Å². The van der Waals surface area contributed by atoms with Gasteiger partial charge in [-0.2, -0.15) is 0 Å². The zero-order valence-corrected chi connectivity index (χ0v) is 19.7. The minimum Gasteiger partial charge on any atom is -0.279 e. The minimum atomic E-state index is -3.89. The van der Waals surface area contributed by atoms with Crippen molar-refractivity contribution < 1.29 is 16.8 Å². The Morgan fingerprint density at radius 2 is 1.24 bits per heavy atom. The predicted molar refractivity (Wildman–Crippen MR) is 128 cm³/mol. The van der Waals surface area contributed by atoms with E-state index in [1.807, 2.05) is 13.8 Å². The number of benzene rings is 3. The summed E-state index contributed by atoms with van der Waals surface area (Å²) in [5.41, 5.74) is 2.93. The average Bonchev–Trinajstić information content (AvgIpc) is 2.80. The minimum absolute atomic E-state index is 0.0466. The van der Waals surface area contributed by atoms with Crippen LogP contribution in [-0.2, 0) is 19.9 Å². The van der Waals surface area contributed by atoms with Crippen LogP contribution in [0.2, 0.25) is 0 Å². The number of nitrogens with one attached hydrogen (secondary N) is 1. The molecule has 0 aliphatic rings. The van der Waals surface area contributed by atoms with Gasteiger partial charge in [-0.05, 0) is 68.4 Å². The summed E-state index contributed by atoms with van der Waals surface area (Å²) >= 11 is 0. The molecule has 6 nitrogen and oxygen atoms in total. The summed E-state index contributed by atoms with van der Waals surface area (Å²) in [6.07, 6.45) is 1.56. The molecule has 0 fully saturated rings. The smallest absolute Gasteiger partial charge is 0.261 e. The van der Waals surface area contributed by atoms with Crippen LogP contribution in [0.3, 0.4) is 0 Å². The Morgan fingerprint density at radius 1 is 0.667 bits per heavy atom. The van der Waals surface area contributed by atoms with Crippen molar-refractivity contribution in [2.24, 2.45) is 0 Å². The van der Waals surface area contributed by atoms with Crippen molar-refractivity contribution in [3.8, 4) is 11.3 Å². The van der Waals surface area contributed by atoms with E-state index in [1.165, 1.54) is 30.3 Å². The largest absolute Gasteiger partial charge is 0.279 e. The lowest BCUT2D eigenvalue weighted by Crippen LogP contribution is -2.14. The van der Waals surface area contributed by atoms with Crippen LogP contribution in [0.5, 0.6) is 0 Å². The highest BCUT2D eigenvalue weighted by Gasteiger charge is 2.22. The van der Waals surface area contributed by atoms with Crippen molar-refractivity contribution in [2.75, 3.05) is 4.72 Å². The van der Waals surface area contributed by atoms with Crippen LogP contribution in [0.15, 0.2) is 106 Å². The maximum atomic E-state index is 13.2. The first-order valence-electron chi connectivity index (χ1n) is 10.1. The molecule has 0 saturated heterocycles. The molecule has 0 aliphatic heterocycles.